The lowest BCUT2D eigenvalue weighted by Crippen LogP contribution is -2.54. The smallest absolute Gasteiger partial charge is 0.409 e. The number of ether oxygens (including phenoxy) is 2. The molecule has 0 aromatic heterocycles. The minimum absolute atomic E-state index is 0.201. The van der Waals surface area contributed by atoms with Crippen LogP contribution in [-0.4, -0.2) is 81.0 Å². The number of rotatable bonds is 7. The molecule has 0 N–H and O–H groups in total. The molecule has 0 saturated carbocycles. The standard InChI is InChI=1S/C16H24ClN3O5S/c1-3-24-16(21)19-7-9-20(10-8-19)26(22,23)18(2)11-12-25-15-6-4-5-14(17)13-15/h4-6,13H,3,7-12H2,1-2H3. The highest BCUT2D eigenvalue weighted by Crippen LogP contribution is 2.17. The van der Waals surface area contributed by atoms with E-state index in [1.807, 2.05) is 0 Å². The summed E-state index contributed by atoms with van der Waals surface area (Å²) in [7, 11) is -2.10. The zero-order valence-corrected chi connectivity index (χ0v) is 16.5. The van der Waals surface area contributed by atoms with Crippen LogP contribution in [0.2, 0.25) is 5.02 Å². The molecule has 1 aliphatic rings. The molecule has 1 fully saturated rings. The van der Waals surface area contributed by atoms with Gasteiger partial charge in [0.2, 0.25) is 0 Å². The van der Waals surface area contributed by atoms with Crippen molar-refractivity contribution in [1.29, 1.82) is 0 Å². The zero-order valence-electron chi connectivity index (χ0n) is 14.9. The first-order valence-electron chi connectivity index (χ1n) is 8.36. The van der Waals surface area contributed by atoms with Gasteiger partial charge in [0.25, 0.3) is 10.2 Å². The molecule has 0 radical (unpaired) electrons. The molecule has 1 saturated heterocycles. The van der Waals surface area contributed by atoms with Gasteiger partial charge in [0.15, 0.2) is 0 Å². The highest BCUT2D eigenvalue weighted by Gasteiger charge is 2.32. The van der Waals surface area contributed by atoms with E-state index in [4.69, 9.17) is 21.1 Å². The molecule has 0 bridgehead atoms. The van der Waals surface area contributed by atoms with Crippen molar-refractivity contribution in [3.8, 4) is 5.75 Å². The summed E-state index contributed by atoms with van der Waals surface area (Å²) in [5.41, 5.74) is 0. The maximum absolute atomic E-state index is 12.6. The maximum Gasteiger partial charge on any atom is 0.409 e. The molecule has 8 nitrogen and oxygen atoms in total. The summed E-state index contributed by atoms with van der Waals surface area (Å²) in [5, 5.41) is 0.558. The van der Waals surface area contributed by atoms with Crippen LogP contribution in [0.4, 0.5) is 4.79 Å². The van der Waals surface area contributed by atoms with Crippen molar-refractivity contribution in [1.82, 2.24) is 13.5 Å². The second-order valence-electron chi connectivity index (χ2n) is 5.72. The zero-order chi connectivity index (χ0) is 19.2. The van der Waals surface area contributed by atoms with Crippen molar-refractivity contribution in [2.75, 3.05) is 53.0 Å². The van der Waals surface area contributed by atoms with Crippen LogP contribution in [0.1, 0.15) is 6.92 Å². The highest BCUT2D eigenvalue weighted by atomic mass is 35.5. The Morgan fingerprint density at radius 3 is 2.58 bits per heavy atom. The molecule has 0 unspecified atom stereocenters. The summed E-state index contributed by atoms with van der Waals surface area (Å²) in [5.74, 6) is 0.589. The van der Waals surface area contributed by atoms with E-state index in [1.54, 1.807) is 31.2 Å². The lowest BCUT2D eigenvalue weighted by atomic mass is 10.3. The van der Waals surface area contributed by atoms with Crippen LogP contribution in [0.5, 0.6) is 5.75 Å². The SMILES string of the molecule is CCOC(=O)N1CCN(S(=O)(=O)N(C)CCOc2cccc(Cl)c2)CC1. The molecule has 1 aliphatic heterocycles. The van der Waals surface area contributed by atoms with Crippen LogP contribution >= 0.6 is 11.6 Å². The second-order valence-corrected chi connectivity index (χ2v) is 8.19. The van der Waals surface area contributed by atoms with Gasteiger partial charge in [0.05, 0.1) is 6.61 Å². The number of hydrogen-bond acceptors (Lipinski definition) is 5. The number of likely N-dealkylation sites (N-methyl/N-ethyl adjacent to an activating group) is 1. The Morgan fingerprint density at radius 1 is 1.27 bits per heavy atom. The Morgan fingerprint density at radius 2 is 1.96 bits per heavy atom. The van der Waals surface area contributed by atoms with Crippen LogP contribution in [-0.2, 0) is 14.9 Å². The lowest BCUT2D eigenvalue weighted by molar-refractivity contribution is 0.0925. The number of piperazine rings is 1. The summed E-state index contributed by atoms with van der Waals surface area (Å²) in [6.45, 7) is 3.54. The second kappa shape index (κ2) is 9.40. The number of amides is 1. The predicted molar refractivity (Wildman–Crippen MR) is 98.7 cm³/mol. The summed E-state index contributed by atoms with van der Waals surface area (Å²) in [6, 6.07) is 6.93. The Hall–Kier alpha value is -1.55. The van der Waals surface area contributed by atoms with Gasteiger partial charge in [0.1, 0.15) is 12.4 Å². The molecule has 2 rings (SSSR count). The van der Waals surface area contributed by atoms with Crippen LogP contribution in [0.15, 0.2) is 24.3 Å². The molecular formula is C16H24ClN3O5S. The van der Waals surface area contributed by atoms with Gasteiger partial charge < -0.3 is 14.4 Å². The average molecular weight is 406 g/mol. The highest BCUT2D eigenvalue weighted by molar-refractivity contribution is 7.86. The first kappa shape index (κ1) is 20.8. The summed E-state index contributed by atoms with van der Waals surface area (Å²) >= 11 is 5.88. The van der Waals surface area contributed by atoms with E-state index in [0.717, 1.165) is 0 Å². The summed E-state index contributed by atoms with van der Waals surface area (Å²) in [4.78, 5) is 13.2. The van der Waals surface area contributed by atoms with Gasteiger partial charge in [-0.05, 0) is 25.1 Å². The van der Waals surface area contributed by atoms with Gasteiger partial charge in [-0.2, -0.15) is 17.0 Å². The fraction of sp³-hybridized carbons (Fsp3) is 0.562. The molecule has 0 spiro atoms. The van der Waals surface area contributed by atoms with Crippen LogP contribution in [0, 0.1) is 0 Å². The van der Waals surface area contributed by atoms with Gasteiger partial charge in [0, 0.05) is 44.8 Å². The molecule has 1 heterocycles. The number of nitrogens with zero attached hydrogens (tertiary/aromatic N) is 3. The van der Waals surface area contributed by atoms with Crippen molar-refractivity contribution in [2.45, 2.75) is 6.92 Å². The third-order valence-electron chi connectivity index (χ3n) is 3.96. The van der Waals surface area contributed by atoms with E-state index in [2.05, 4.69) is 0 Å². The van der Waals surface area contributed by atoms with Gasteiger partial charge >= 0.3 is 6.09 Å². The van der Waals surface area contributed by atoms with Crippen molar-refractivity contribution in [2.24, 2.45) is 0 Å². The van der Waals surface area contributed by atoms with Gasteiger partial charge in [-0.3, -0.25) is 0 Å². The largest absolute Gasteiger partial charge is 0.492 e. The van der Waals surface area contributed by atoms with Crippen LogP contribution in [0.3, 0.4) is 0 Å². The quantitative estimate of drug-likeness (QED) is 0.689. The number of hydrogen-bond donors (Lipinski definition) is 0. The average Bonchev–Trinajstić information content (AvgIpc) is 2.62. The fourth-order valence-electron chi connectivity index (χ4n) is 2.48. The molecule has 1 amide bonds. The van der Waals surface area contributed by atoms with Gasteiger partial charge in [-0.25, -0.2) is 4.79 Å². The Labute approximate surface area is 159 Å². The monoisotopic (exact) mass is 405 g/mol. The lowest BCUT2D eigenvalue weighted by Gasteiger charge is -2.35. The molecule has 10 heteroatoms. The van der Waals surface area contributed by atoms with Crippen molar-refractivity contribution < 1.29 is 22.7 Å². The van der Waals surface area contributed by atoms with E-state index in [0.29, 0.717) is 30.5 Å². The van der Waals surface area contributed by atoms with E-state index in [1.165, 1.54) is 20.6 Å². The van der Waals surface area contributed by atoms with Crippen molar-refractivity contribution >= 4 is 27.9 Å². The Bertz CT molecular complexity index is 708. The van der Waals surface area contributed by atoms with E-state index in [9.17, 15) is 13.2 Å². The maximum atomic E-state index is 12.6. The molecule has 1 aromatic carbocycles. The Balaban J connectivity index is 1.82. The topological polar surface area (TPSA) is 79.4 Å². The molecule has 0 atom stereocenters. The summed E-state index contributed by atoms with van der Waals surface area (Å²) < 4.78 is 38.3. The van der Waals surface area contributed by atoms with Crippen molar-refractivity contribution in [3.63, 3.8) is 0 Å². The number of halogens is 1. The van der Waals surface area contributed by atoms with E-state index in [-0.39, 0.29) is 26.2 Å². The molecular weight excluding hydrogens is 382 g/mol. The summed E-state index contributed by atoms with van der Waals surface area (Å²) in [6.07, 6.45) is -0.409. The fourth-order valence-corrected chi connectivity index (χ4v) is 3.98. The predicted octanol–water partition coefficient (Wildman–Crippen LogP) is 1.67. The van der Waals surface area contributed by atoms with Crippen LogP contribution < -0.4 is 4.74 Å². The van der Waals surface area contributed by atoms with Crippen molar-refractivity contribution in [3.05, 3.63) is 29.3 Å². The minimum Gasteiger partial charge on any atom is -0.492 e. The van der Waals surface area contributed by atoms with Crippen LogP contribution in [0.25, 0.3) is 0 Å². The minimum atomic E-state index is -3.60. The number of carbonyl (C=O) groups excluding carboxylic acids is 1. The molecule has 26 heavy (non-hydrogen) atoms. The van der Waals surface area contributed by atoms with Gasteiger partial charge in [-0.15, -0.1) is 0 Å². The first-order chi connectivity index (χ1) is 12.3. The molecule has 1 aromatic rings. The number of benzene rings is 1. The molecule has 146 valence electrons. The third-order valence-corrected chi connectivity index (χ3v) is 6.18. The van der Waals surface area contributed by atoms with E-state index < -0.39 is 16.3 Å². The third kappa shape index (κ3) is 5.47. The Kier molecular flexibility index (Phi) is 7.51. The normalized spacial score (nSPS) is 15.9. The van der Waals surface area contributed by atoms with Gasteiger partial charge in [-0.1, -0.05) is 17.7 Å². The number of carbonyl (C=O) groups is 1. The molecule has 0 aliphatic carbocycles. The van der Waals surface area contributed by atoms with E-state index >= 15 is 0 Å². The first-order valence-corrected chi connectivity index (χ1v) is 10.1.